The smallest absolute Gasteiger partial charge is 0.253 e. The van der Waals surface area contributed by atoms with Gasteiger partial charge in [-0.05, 0) is 36.6 Å². The zero-order valence-electron chi connectivity index (χ0n) is 17.6. The van der Waals surface area contributed by atoms with Gasteiger partial charge >= 0.3 is 0 Å². The van der Waals surface area contributed by atoms with E-state index in [2.05, 4.69) is 53.7 Å². The minimum absolute atomic E-state index is 0.0241. The summed E-state index contributed by atoms with van der Waals surface area (Å²) >= 11 is 0. The number of nitrogens with zero attached hydrogens (tertiary/aromatic N) is 2. The number of amides is 1. The van der Waals surface area contributed by atoms with Crippen LogP contribution in [0.5, 0.6) is 0 Å². The van der Waals surface area contributed by atoms with Crippen molar-refractivity contribution < 1.29 is 4.79 Å². The van der Waals surface area contributed by atoms with Crippen molar-refractivity contribution in [1.29, 1.82) is 0 Å². The summed E-state index contributed by atoms with van der Waals surface area (Å²) in [6.45, 7) is 5.13. The molecule has 2 aromatic rings. The molecule has 0 radical (unpaired) electrons. The topological polar surface area (TPSA) is 56.7 Å². The Morgan fingerprint density at radius 2 is 1.79 bits per heavy atom. The van der Waals surface area contributed by atoms with E-state index in [0.717, 1.165) is 30.1 Å². The number of carbonyl (C=O) groups excluding carboxylic acids is 1. The molecule has 0 aliphatic heterocycles. The first-order chi connectivity index (χ1) is 13.4. The van der Waals surface area contributed by atoms with Crippen molar-refractivity contribution in [3.63, 3.8) is 0 Å². The van der Waals surface area contributed by atoms with Gasteiger partial charge in [0.15, 0.2) is 5.96 Å². The number of nitrogens with one attached hydrogen (secondary N) is 2. The van der Waals surface area contributed by atoms with Gasteiger partial charge in [0, 0.05) is 45.2 Å². The number of aliphatic imine (C=N–C) groups is 1. The molecule has 0 aromatic heterocycles. The van der Waals surface area contributed by atoms with Gasteiger partial charge in [-0.1, -0.05) is 49.4 Å². The molecule has 0 aliphatic carbocycles. The molecule has 5 heteroatoms. The van der Waals surface area contributed by atoms with E-state index < -0.39 is 0 Å². The van der Waals surface area contributed by atoms with Gasteiger partial charge in [-0.2, -0.15) is 0 Å². The van der Waals surface area contributed by atoms with Crippen molar-refractivity contribution in [2.24, 2.45) is 4.99 Å². The van der Waals surface area contributed by atoms with E-state index >= 15 is 0 Å². The lowest BCUT2D eigenvalue weighted by atomic mass is 9.94. The molecular formula is C23H32N4O. The third-order valence-corrected chi connectivity index (χ3v) is 4.95. The van der Waals surface area contributed by atoms with Gasteiger partial charge in [-0.15, -0.1) is 0 Å². The van der Waals surface area contributed by atoms with Gasteiger partial charge < -0.3 is 15.5 Å². The van der Waals surface area contributed by atoms with Gasteiger partial charge in [0.05, 0.1) is 0 Å². The maximum absolute atomic E-state index is 12.1. The van der Waals surface area contributed by atoms with Crippen LogP contribution in [0.25, 0.3) is 0 Å². The highest BCUT2D eigenvalue weighted by Crippen LogP contribution is 2.18. The predicted octanol–water partition coefficient (Wildman–Crippen LogP) is 3.29. The van der Waals surface area contributed by atoms with Crippen LogP contribution in [-0.2, 0) is 6.42 Å². The van der Waals surface area contributed by atoms with E-state index in [1.54, 1.807) is 26.0 Å². The van der Waals surface area contributed by atoms with Crippen LogP contribution in [0.1, 0.15) is 41.3 Å². The summed E-state index contributed by atoms with van der Waals surface area (Å²) in [5.74, 6) is 1.18. The lowest BCUT2D eigenvalue weighted by Crippen LogP contribution is -2.44. The van der Waals surface area contributed by atoms with E-state index in [-0.39, 0.29) is 11.9 Å². The van der Waals surface area contributed by atoms with Gasteiger partial charge in [-0.3, -0.25) is 9.79 Å². The Balaban J connectivity index is 1.87. The molecule has 2 aromatic carbocycles. The normalized spacial score (nSPS) is 13.5. The molecule has 150 valence electrons. The van der Waals surface area contributed by atoms with Crippen molar-refractivity contribution in [3.8, 4) is 0 Å². The van der Waals surface area contributed by atoms with Crippen molar-refractivity contribution in [1.82, 2.24) is 15.5 Å². The van der Waals surface area contributed by atoms with Gasteiger partial charge in [-0.25, -0.2) is 0 Å². The first kappa shape index (κ1) is 21.5. The molecule has 2 atom stereocenters. The van der Waals surface area contributed by atoms with Crippen LogP contribution in [0.15, 0.2) is 59.6 Å². The number of hydrogen-bond acceptors (Lipinski definition) is 2. The molecule has 0 aliphatic rings. The number of rotatable bonds is 7. The second-order valence-electron chi connectivity index (χ2n) is 7.28. The largest absolute Gasteiger partial charge is 0.356 e. The average Bonchev–Trinajstić information content (AvgIpc) is 2.72. The molecule has 5 nitrogen and oxygen atoms in total. The number of carbonyl (C=O) groups is 1. The third kappa shape index (κ3) is 6.12. The molecule has 0 fully saturated rings. The Bertz CT molecular complexity index is 786. The van der Waals surface area contributed by atoms with Crippen LogP contribution in [-0.4, -0.2) is 50.5 Å². The van der Waals surface area contributed by atoms with Crippen LogP contribution in [0.2, 0.25) is 0 Å². The maximum Gasteiger partial charge on any atom is 0.253 e. The van der Waals surface area contributed by atoms with Gasteiger partial charge in [0.2, 0.25) is 0 Å². The average molecular weight is 381 g/mol. The fraction of sp³-hybridized carbons (Fsp3) is 0.391. The number of hydrogen-bond donors (Lipinski definition) is 2. The Hall–Kier alpha value is -2.82. The molecular weight excluding hydrogens is 348 g/mol. The first-order valence-electron chi connectivity index (χ1n) is 9.75. The lowest BCUT2D eigenvalue weighted by molar-refractivity contribution is 0.0827. The van der Waals surface area contributed by atoms with E-state index in [1.165, 1.54) is 5.56 Å². The summed E-state index contributed by atoms with van der Waals surface area (Å²) in [7, 11) is 5.32. The summed E-state index contributed by atoms with van der Waals surface area (Å²) in [6, 6.07) is 18.5. The number of benzene rings is 2. The Morgan fingerprint density at radius 1 is 1.07 bits per heavy atom. The highest BCUT2D eigenvalue weighted by Gasteiger charge is 2.15. The fourth-order valence-electron chi connectivity index (χ4n) is 3.02. The highest BCUT2D eigenvalue weighted by atomic mass is 16.2. The van der Waals surface area contributed by atoms with Crippen molar-refractivity contribution in [2.75, 3.05) is 27.7 Å². The second-order valence-corrected chi connectivity index (χ2v) is 7.28. The monoisotopic (exact) mass is 380 g/mol. The standard InChI is InChI=1S/C23H32N4O/c1-17(20-11-7-6-8-12-20)18(2)26-23(24-3)25-15-14-19-10-9-13-21(16-19)22(28)27(4)5/h6-13,16-18H,14-15H2,1-5H3,(H2,24,25,26). The lowest BCUT2D eigenvalue weighted by Gasteiger charge is -2.24. The van der Waals surface area contributed by atoms with Crippen molar-refractivity contribution in [3.05, 3.63) is 71.3 Å². The minimum Gasteiger partial charge on any atom is -0.356 e. The molecule has 2 unspecified atom stereocenters. The third-order valence-electron chi connectivity index (χ3n) is 4.95. The van der Waals surface area contributed by atoms with Crippen LogP contribution in [0, 0.1) is 0 Å². The summed E-state index contributed by atoms with van der Waals surface area (Å²) in [5, 5.41) is 6.84. The van der Waals surface area contributed by atoms with Gasteiger partial charge in [0.25, 0.3) is 5.91 Å². The molecule has 0 spiro atoms. The molecule has 0 saturated carbocycles. The molecule has 0 saturated heterocycles. The van der Waals surface area contributed by atoms with Crippen LogP contribution in [0.4, 0.5) is 0 Å². The van der Waals surface area contributed by atoms with E-state index in [0.29, 0.717) is 5.92 Å². The SMILES string of the molecule is CN=C(NCCc1cccc(C(=O)N(C)C)c1)NC(C)C(C)c1ccccc1. The van der Waals surface area contributed by atoms with Crippen LogP contribution >= 0.6 is 0 Å². The second kappa shape index (κ2) is 10.5. The Kier molecular flexibility index (Phi) is 8.05. The molecule has 1 amide bonds. The zero-order chi connectivity index (χ0) is 20.5. The summed E-state index contributed by atoms with van der Waals surface area (Å²) in [4.78, 5) is 18.0. The highest BCUT2D eigenvalue weighted by molar-refractivity contribution is 5.94. The Labute approximate surface area is 168 Å². The summed E-state index contributed by atoms with van der Waals surface area (Å²) < 4.78 is 0. The maximum atomic E-state index is 12.1. The Morgan fingerprint density at radius 3 is 2.43 bits per heavy atom. The van der Waals surface area contributed by atoms with Gasteiger partial charge in [0.1, 0.15) is 0 Å². The summed E-state index contributed by atoms with van der Waals surface area (Å²) in [5.41, 5.74) is 3.15. The van der Waals surface area contributed by atoms with Crippen LogP contribution in [0.3, 0.4) is 0 Å². The minimum atomic E-state index is 0.0241. The number of guanidine groups is 1. The molecule has 28 heavy (non-hydrogen) atoms. The molecule has 0 heterocycles. The zero-order valence-corrected chi connectivity index (χ0v) is 17.6. The van der Waals surface area contributed by atoms with Crippen molar-refractivity contribution in [2.45, 2.75) is 32.2 Å². The summed E-state index contributed by atoms with van der Waals surface area (Å²) in [6.07, 6.45) is 0.817. The predicted molar refractivity (Wildman–Crippen MR) is 117 cm³/mol. The molecule has 2 N–H and O–H groups in total. The van der Waals surface area contributed by atoms with E-state index in [1.807, 2.05) is 30.3 Å². The van der Waals surface area contributed by atoms with Crippen LogP contribution < -0.4 is 10.6 Å². The van der Waals surface area contributed by atoms with E-state index in [9.17, 15) is 4.79 Å². The first-order valence-corrected chi connectivity index (χ1v) is 9.75. The molecule has 0 bridgehead atoms. The van der Waals surface area contributed by atoms with Crippen molar-refractivity contribution >= 4 is 11.9 Å². The molecule has 2 rings (SSSR count). The fourth-order valence-corrected chi connectivity index (χ4v) is 3.02. The quantitative estimate of drug-likeness (QED) is 0.572. The van der Waals surface area contributed by atoms with E-state index in [4.69, 9.17) is 0 Å².